The van der Waals surface area contributed by atoms with Gasteiger partial charge in [0, 0.05) is 37.0 Å². The maximum atomic E-state index is 14.2. The molecule has 2 aromatic rings. The first-order valence-corrected chi connectivity index (χ1v) is 6.36. The molecule has 2 rings (SSSR count). The van der Waals surface area contributed by atoms with Crippen LogP contribution in [0.15, 0.2) is 29.1 Å². The molecule has 106 valence electrons. The van der Waals surface area contributed by atoms with Crippen LogP contribution in [-0.4, -0.2) is 24.2 Å². The van der Waals surface area contributed by atoms with Crippen molar-refractivity contribution in [2.75, 3.05) is 19.0 Å². The van der Waals surface area contributed by atoms with E-state index in [1.165, 1.54) is 6.07 Å². The molecule has 1 aromatic carbocycles. The van der Waals surface area contributed by atoms with E-state index in [4.69, 9.17) is 0 Å². The molecule has 1 heterocycles. The van der Waals surface area contributed by atoms with Gasteiger partial charge >= 0.3 is 0 Å². The number of anilines is 1. The highest BCUT2D eigenvalue weighted by molar-refractivity contribution is 5.68. The number of halogens is 1. The van der Waals surface area contributed by atoms with Gasteiger partial charge in [-0.2, -0.15) is 0 Å². The van der Waals surface area contributed by atoms with Crippen LogP contribution in [0.2, 0.25) is 0 Å². The molecule has 0 amide bonds. The SMILES string of the molecule is CCc1c(O)cc(=O)[nH]c1-c1ccc(N(C)C)cc1F. The van der Waals surface area contributed by atoms with Gasteiger partial charge in [-0.3, -0.25) is 4.79 Å². The maximum absolute atomic E-state index is 14.2. The number of nitrogens with one attached hydrogen (secondary N) is 1. The van der Waals surface area contributed by atoms with Crippen molar-refractivity contribution in [1.29, 1.82) is 0 Å². The molecule has 4 nitrogen and oxygen atoms in total. The molecule has 0 bridgehead atoms. The van der Waals surface area contributed by atoms with Crippen LogP contribution in [0.3, 0.4) is 0 Å². The van der Waals surface area contributed by atoms with E-state index in [1.807, 2.05) is 21.0 Å². The van der Waals surface area contributed by atoms with E-state index in [1.54, 1.807) is 17.0 Å². The van der Waals surface area contributed by atoms with Crippen molar-refractivity contribution in [1.82, 2.24) is 4.98 Å². The normalized spacial score (nSPS) is 10.6. The zero-order valence-corrected chi connectivity index (χ0v) is 11.7. The van der Waals surface area contributed by atoms with Crippen molar-refractivity contribution in [3.63, 3.8) is 0 Å². The van der Waals surface area contributed by atoms with E-state index in [9.17, 15) is 14.3 Å². The van der Waals surface area contributed by atoms with Crippen LogP contribution in [0, 0.1) is 5.82 Å². The molecule has 0 fully saturated rings. The predicted octanol–water partition coefficient (Wildman–Crippen LogP) is 2.52. The van der Waals surface area contributed by atoms with Gasteiger partial charge in [-0.1, -0.05) is 6.92 Å². The summed E-state index contributed by atoms with van der Waals surface area (Å²) in [5, 5.41) is 9.82. The van der Waals surface area contributed by atoms with Crippen LogP contribution < -0.4 is 10.5 Å². The minimum Gasteiger partial charge on any atom is -0.507 e. The highest BCUT2D eigenvalue weighted by Crippen LogP contribution is 2.30. The van der Waals surface area contributed by atoms with Crippen LogP contribution in [-0.2, 0) is 6.42 Å². The first-order valence-electron chi connectivity index (χ1n) is 6.36. The number of aromatic hydroxyl groups is 1. The van der Waals surface area contributed by atoms with Gasteiger partial charge in [-0.15, -0.1) is 0 Å². The van der Waals surface area contributed by atoms with Crippen molar-refractivity contribution < 1.29 is 9.50 Å². The fourth-order valence-corrected chi connectivity index (χ4v) is 2.15. The Bertz CT molecular complexity index is 693. The average molecular weight is 276 g/mol. The van der Waals surface area contributed by atoms with Crippen LogP contribution in [0.4, 0.5) is 10.1 Å². The molecule has 0 radical (unpaired) electrons. The quantitative estimate of drug-likeness (QED) is 0.905. The Morgan fingerprint density at radius 1 is 1.30 bits per heavy atom. The highest BCUT2D eigenvalue weighted by atomic mass is 19.1. The minimum atomic E-state index is -0.453. The molecule has 1 aromatic heterocycles. The lowest BCUT2D eigenvalue weighted by molar-refractivity contribution is 0.467. The fraction of sp³-hybridized carbons (Fsp3) is 0.267. The molecule has 2 N–H and O–H groups in total. The first-order chi connectivity index (χ1) is 9.43. The Kier molecular flexibility index (Phi) is 3.79. The summed E-state index contributed by atoms with van der Waals surface area (Å²) in [7, 11) is 3.64. The standard InChI is InChI=1S/C15H17FN2O2/c1-4-10-13(19)8-14(20)17-15(10)11-6-5-9(18(2)3)7-12(11)16/h5-8H,4H2,1-3H3,(H2,17,19,20). The number of pyridine rings is 1. The minimum absolute atomic E-state index is 0.109. The molecule has 5 heteroatoms. The fourth-order valence-electron chi connectivity index (χ4n) is 2.15. The van der Waals surface area contributed by atoms with Crippen molar-refractivity contribution in [2.24, 2.45) is 0 Å². The van der Waals surface area contributed by atoms with E-state index >= 15 is 0 Å². The number of hydrogen-bond donors (Lipinski definition) is 2. The smallest absolute Gasteiger partial charge is 0.252 e. The molecule has 0 aliphatic rings. The average Bonchev–Trinajstić information content (AvgIpc) is 2.37. The van der Waals surface area contributed by atoms with Crippen LogP contribution >= 0.6 is 0 Å². The zero-order chi connectivity index (χ0) is 14.9. The van der Waals surface area contributed by atoms with Gasteiger partial charge in [0.15, 0.2) is 0 Å². The lowest BCUT2D eigenvalue weighted by Crippen LogP contribution is -2.10. The third kappa shape index (κ3) is 2.52. The Hall–Kier alpha value is -2.30. The number of H-pyrrole nitrogens is 1. The number of hydrogen-bond acceptors (Lipinski definition) is 3. The Labute approximate surface area is 116 Å². The predicted molar refractivity (Wildman–Crippen MR) is 77.8 cm³/mol. The Balaban J connectivity index is 2.65. The molecule has 0 spiro atoms. The molecule has 20 heavy (non-hydrogen) atoms. The van der Waals surface area contributed by atoms with Crippen molar-refractivity contribution in [2.45, 2.75) is 13.3 Å². The summed E-state index contributed by atoms with van der Waals surface area (Å²) in [6, 6.07) is 5.88. The Morgan fingerprint density at radius 2 is 2.00 bits per heavy atom. The second kappa shape index (κ2) is 5.36. The van der Waals surface area contributed by atoms with Crippen LogP contribution in [0.1, 0.15) is 12.5 Å². The third-order valence-electron chi connectivity index (χ3n) is 3.22. The molecule has 0 aliphatic heterocycles. The second-order valence-corrected chi connectivity index (χ2v) is 4.78. The van der Waals surface area contributed by atoms with E-state index in [-0.39, 0.29) is 11.3 Å². The van der Waals surface area contributed by atoms with E-state index in [0.29, 0.717) is 17.7 Å². The summed E-state index contributed by atoms with van der Waals surface area (Å²) in [5.41, 5.74) is 1.42. The number of aromatic nitrogens is 1. The van der Waals surface area contributed by atoms with Gasteiger partial charge in [0.25, 0.3) is 5.56 Å². The van der Waals surface area contributed by atoms with E-state index < -0.39 is 11.4 Å². The molecular weight excluding hydrogens is 259 g/mol. The van der Waals surface area contributed by atoms with E-state index in [0.717, 1.165) is 11.8 Å². The van der Waals surface area contributed by atoms with Crippen molar-refractivity contribution in [3.05, 3.63) is 46.0 Å². The summed E-state index contributed by atoms with van der Waals surface area (Å²) < 4.78 is 14.2. The summed E-state index contributed by atoms with van der Waals surface area (Å²) >= 11 is 0. The summed E-state index contributed by atoms with van der Waals surface area (Å²) in [4.78, 5) is 15.9. The zero-order valence-electron chi connectivity index (χ0n) is 11.7. The summed E-state index contributed by atoms with van der Waals surface area (Å²) in [5.74, 6) is -0.547. The van der Waals surface area contributed by atoms with Crippen molar-refractivity contribution in [3.8, 4) is 17.0 Å². The molecule has 0 atom stereocenters. The molecule has 0 saturated heterocycles. The first kappa shape index (κ1) is 14.1. The lowest BCUT2D eigenvalue weighted by atomic mass is 10.0. The molecular formula is C15H17FN2O2. The Morgan fingerprint density at radius 3 is 2.55 bits per heavy atom. The monoisotopic (exact) mass is 276 g/mol. The van der Waals surface area contributed by atoms with Gasteiger partial charge in [0.2, 0.25) is 0 Å². The largest absolute Gasteiger partial charge is 0.507 e. The van der Waals surface area contributed by atoms with Gasteiger partial charge in [-0.05, 0) is 24.6 Å². The molecule has 0 unspecified atom stereocenters. The second-order valence-electron chi connectivity index (χ2n) is 4.78. The number of aromatic amines is 1. The van der Waals surface area contributed by atoms with Crippen molar-refractivity contribution >= 4 is 5.69 Å². The summed E-state index contributed by atoms with van der Waals surface area (Å²) in [6.07, 6.45) is 0.493. The van der Waals surface area contributed by atoms with Crippen LogP contribution in [0.25, 0.3) is 11.3 Å². The van der Waals surface area contributed by atoms with Gasteiger partial charge in [-0.25, -0.2) is 4.39 Å². The van der Waals surface area contributed by atoms with Gasteiger partial charge < -0.3 is 15.0 Å². The van der Waals surface area contributed by atoms with Gasteiger partial charge in [0.05, 0.1) is 5.69 Å². The lowest BCUT2D eigenvalue weighted by Gasteiger charge is -2.15. The topological polar surface area (TPSA) is 56.3 Å². The molecule has 0 aliphatic carbocycles. The van der Waals surface area contributed by atoms with Crippen LogP contribution in [0.5, 0.6) is 5.75 Å². The number of nitrogens with zero attached hydrogens (tertiary/aromatic N) is 1. The highest BCUT2D eigenvalue weighted by Gasteiger charge is 2.14. The number of benzene rings is 1. The molecule has 0 saturated carbocycles. The third-order valence-corrected chi connectivity index (χ3v) is 3.22. The van der Waals surface area contributed by atoms with Gasteiger partial charge in [0.1, 0.15) is 11.6 Å². The van der Waals surface area contributed by atoms with E-state index in [2.05, 4.69) is 4.98 Å². The maximum Gasteiger partial charge on any atom is 0.252 e. The number of rotatable bonds is 3. The summed E-state index contributed by atoms with van der Waals surface area (Å²) in [6.45, 7) is 1.84.